The third-order valence-corrected chi connectivity index (χ3v) is 6.17. The van der Waals surface area contributed by atoms with Gasteiger partial charge in [0.05, 0.1) is 11.9 Å². The zero-order chi connectivity index (χ0) is 14.7. The number of ether oxygens (including phenoxy) is 1. The third-order valence-electron chi connectivity index (χ3n) is 4.50. The lowest BCUT2D eigenvalue weighted by molar-refractivity contribution is 0.0804. The molecule has 1 aromatic rings. The van der Waals surface area contributed by atoms with Crippen molar-refractivity contribution >= 4 is 9.84 Å². The summed E-state index contributed by atoms with van der Waals surface area (Å²) in [6, 6.07) is 0. The molecule has 0 unspecified atom stereocenters. The molecule has 1 saturated carbocycles. The summed E-state index contributed by atoms with van der Waals surface area (Å²) in [4.78, 5) is 4.16. The molecule has 0 bridgehead atoms. The molecule has 0 spiro atoms. The van der Waals surface area contributed by atoms with Crippen LogP contribution in [0.1, 0.15) is 56.1 Å². The van der Waals surface area contributed by atoms with Crippen LogP contribution in [0.3, 0.4) is 0 Å². The fraction of sp³-hybridized carbons (Fsp3) is 0.800. The molecule has 1 aromatic heterocycles. The van der Waals surface area contributed by atoms with E-state index in [1.165, 1.54) is 0 Å². The summed E-state index contributed by atoms with van der Waals surface area (Å²) in [7, 11) is -3.12. The highest BCUT2D eigenvalue weighted by molar-refractivity contribution is 7.90. The highest BCUT2D eigenvalue weighted by Gasteiger charge is 2.25. The lowest BCUT2D eigenvalue weighted by Crippen LogP contribution is -2.16. The van der Waals surface area contributed by atoms with Crippen molar-refractivity contribution < 1.29 is 17.6 Å². The molecule has 0 N–H and O–H groups in total. The third kappa shape index (κ3) is 4.07. The van der Waals surface area contributed by atoms with Gasteiger partial charge in [-0.05, 0) is 31.6 Å². The van der Waals surface area contributed by atoms with E-state index in [0.29, 0.717) is 17.7 Å². The summed E-state index contributed by atoms with van der Waals surface area (Å²) in [5.74, 6) is 2.02. The van der Waals surface area contributed by atoms with Gasteiger partial charge in [-0.15, -0.1) is 0 Å². The molecule has 2 aliphatic rings. The van der Waals surface area contributed by atoms with Gasteiger partial charge in [0.2, 0.25) is 5.89 Å². The van der Waals surface area contributed by atoms with Crippen LogP contribution in [0.25, 0.3) is 0 Å². The minimum Gasteiger partial charge on any atom is -0.444 e. The van der Waals surface area contributed by atoms with Crippen molar-refractivity contribution in [2.24, 2.45) is 5.92 Å². The molecule has 0 aromatic carbocycles. The predicted octanol–water partition coefficient (Wildman–Crippen LogP) is 2.67. The molecule has 0 amide bonds. The summed E-state index contributed by atoms with van der Waals surface area (Å²) in [6.07, 6.45) is 7.93. The van der Waals surface area contributed by atoms with E-state index in [0.717, 1.165) is 57.5 Å². The molecule has 2 heterocycles. The summed E-state index contributed by atoms with van der Waals surface area (Å²) >= 11 is 0. The lowest BCUT2D eigenvalue weighted by Gasteiger charge is -2.19. The van der Waals surface area contributed by atoms with Crippen LogP contribution in [0.2, 0.25) is 0 Å². The average Bonchev–Trinajstić information content (AvgIpc) is 3.10. The van der Waals surface area contributed by atoms with Gasteiger partial charge in [0.1, 0.15) is 11.5 Å². The molecule has 1 aliphatic carbocycles. The van der Waals surface area contributed by atoms with Gasteiger partial charge >= 0.3 is 0 Å². The lowest BCUT2D eigenvalue weighted by atomic mass is 9.98. The van der Waals surface area contributed by atoms with E-state index in [-0.39, 0.29) is 11.5 Å². The zero-order valence-corrected chi connectivity index (χ0v) is 13.1. The Morgan fingerprint density at radius 2 is 1.86 bits per heavy atom. The van der Waals surface area contributed by atoms with E-state index in [9.17, 15) is 8.42 Å². The normalized spacial score (nSPS) is 21.9. The van der Waals surface area contributed by atoms with Crippen molar-refractivity contribution in [3.8, 4) is 0 Å². The van der Waals surface area contributed by atoms with Gasteiger partial charge < -0.3 is 9.15 Å². The SMILES string of the molecule is O=S(=O)(Cc1ncc(C2CCOCC2)o1)CC1CCCC1. The Morgan fingerprint density at radius 1 is 1.14 bits per heavy atom. The Balaban J connectivity index is 1.60. The van der Waals surface area contributed by atoms with Crippen LogP contribution in [-0.2, 0) is 20.3 Å². The van der Waals surface area contributed by atoms with Crippen molar-refractivity contribution in [3.05, 3.63) is 17.8 Å². The second-order valence-electron chi connectivity index (χ2n) is 6.25. The summed E-state index contributed by atoms with van der Waals surface area (Å²) in [5.41, 5.74) is 0. The van der Waals surface area contributed by atoms with Gasteiger partial charge in [0, 0.05) is 19.1 Å². The molecule has 6 heteroatoms. The van der Waals surface area contributed by atoms with Crippen LogP contribution in [0.15, 0.2) is 10.6 Å². The number of oxazole rings is 1. The van der Waals surface area contributed by atoms with Crippen LogP contribution >= 0.6 is 0 Å². The fourth-order valence-electron chi connectivity index (χ4n) is 3.35. The van der Waals surface area contributed by atoms with Crippen molar-refractivity contribution in [2.75, 3.05) is 19.0 Å². The van der Waals surface area contributed by atoms with Crippen LogP contribution in [0, 0.1) is 5.92 Å². The van der Waals surface area contributed by atoms with E-state index in [4.69, 9.17) is 9.15 Å². The van der Waals surface area contributed by atoms with Crippen LogP contribution in [0.4, 0.5) is 0 Å². The minimum absolute atomic E-state index is 0.0628. The maximum atomic E-state index is 12.2. The Hall–Kier alpha value is -0.880. The van der Waals surface area contributed by atoms with Gasteiger partial charge in [-0.1, -0.05) is 12.8 Å². The number of hydrogen-bond acceptors (Lipinski definition) is 5. The molecular formula is C15H23NO4S. The molecule has 0 atom stereocenters. The van der Waals surface area contributed by atoms with Crippen LogP contribution < -0.4 is 0 Å². The molecule has 3 rings (SSSR count). The Kier molecular flexibility index (Phi) is 4.64. The molecule has 21 heavy (non-hydrogen) atoms. The number of aromatic nitrogens is 1. The maximum absolute atomic E-state index is 12.2. The van der Waals surface area contributed by atoms with E-state index >= 15 is 0 Å². The molecule has 0 radical (unpaired) electrons. The van der Waals surface area contributed by atoms with E-state index in [1.54, 1.807) is 6.20 Å². The maximum Gasteiger partial charge on any atom is 0.209 e. The summed E-state index contributed by atoms with van der Waals surface area (Å²) in [5, 5.41) is 0. The van der Waals surface area contributed by atoms with Gasteiger partial charge in [-0.3, -0.25) is 0 Å². The zero-order valence-electron chi connectivity index (χ0n) is 12.3. The van der Waals surface area contributed by atoms with Crippen molar-refractivity contribution in [1.29, 1.82) is 0 Å². The first-order chi connectivity index (χ1) is 10.1. The van der Waals surface area contributed by atoms with Gasteiger partial charge in [0.25, 0.3) is 0 Å². The molecule has 5 nitrogen and oxygen atoms in total. The Labute approximate surface area is 126 Å². The van der Waals surface area contributed by atoms with E-state index in [2.05, 4.69) is 4.98 Å². The number of rotatable bonds is 5. The molecule has 2 fully saturated rings. The molecular weight excluding hydrogens is 290 g/mol. The second kappa shape index (κ2) is 6.48. The Bertz CT molecular complexity index is 554. The van der Waals surface area contributed by atoms with Gasteiger partial charge in [-0.2, -0.15) is 0 Å². The second-order valence-corrected chi connectivity index (χ2v) is 8.36. The minimum atomic E-state index is -3.12. The van der Waals surface area contributed by atoms with Gasteiger partial charge in [0.15, 0.2) is 9.84 Å². The van der Waals surface area contributed by atoms with Crippen molar-refractivity contribution in [2.45, 2.75) is 50.2 Å². The first-order valence-corrected chi connectivity index (χ1v) is 9.67. The fourth-order valence-corrected chi connectivity index (χ4v) is 5.02. The monoisotopic (exact) mass is 313 g/mol. The number of sulfone groups is 1. The number of nitrogens with zero attached hydrogens (tertiary/aromatic N) is 1. The van der Waals surface area contributed by atoms with Crippen molar-refractivity contribution in [3.63, 3.8) is 0 Å². The Morgan fingerprint density at radius 3 is 2.57 bits per heavy atom. The van der Waals surface area contributed by atoms with Crippen LogP contribution in [-0.4, -0.2) is 32.4 Å². The highest BCUT2D eigenvalue weighted by atomic mass is 32.2. The smallest absolute Gasteiger partial charge is 0.209 e. The van der Waals surface area contributed by atoms with Crippen molar-refractivity contribution in [1.82, 2.24) is 4.98 Å². The molecule has 118 valence electrons. The van der Waals surface area contributed by atoms with E-state index in [1.807, 2.05) is 0 Å². The standard InChI is InChI=1S/C15H23NO4S/c17-21(18,10-12-3-1-2-4-12)11-15-16-9-14(20-15)13-5-7-19-8-6-13/h9,12-13H,1-8,10-11H2. The molecule has 1 aliphatic heterocycles. The van der Waals surface area contributed by atoms with Gasteiger partial charge in [-0.25, -0.2) is 13.4 Å². The largest absolute Gasteiger partial charge is 0.444 e. The molecule has 1 saturated heterocycles. The summed E-state index contributed by atoms with van der Waals surface area (Å²) in [6.45, 7) is 1.47. The van der Waals surface area contributed by atoms with E-state index < -0.39 is 9.84 Å². The first kappa shape index (κ1) is 15.0. The summed E-state index contributed by atoms with van der Waals surface area (Å²) < 4.78 is 35.4. The predicted molar refractivity (Wildman–Crippen MR) is 78.7 cm³/mol. The van der Waals surface area contributed by atoms with Crippen LogP contribution in [0.5, 0.6) is 0 Å². The number of hydrogen-bond donors (Lipinski definition) is 0. The first-order valence-electron chi connectivity index (χ1n) is 7.85. The quantitative estimate of drug-likeness (QED) is 0.836. The highest BCUT2D eigenvalue weighted by Crippen LogP contribution is 2.29. The average molecular weight is 313 g/mol. The topological polar surface area (TPSA) is 69.4 Å².